The maximum absolute atomic E-state index is 12.4. The lowest BCUT2D eigenvalue weighted by Gasteiger charge is -2.40. The lowest BCUT2D eigenvalue weighted by atomic mass is 9.85. The predicted molar refractivity (Wildman–Crippen MR) is 82.3 cm³/mol. The fourth-order valence-electron chi connectivity index (χ4n) is 3.14. The van der Waals surface area contributed by atoms with Crippen molar-refractivity contribution in [1.82, 2.24) is 4.90 Å². The van der Waals surface area contributed by atoms with Crippen LogP contribution in [-0.4, -0.2) is 23.9 Å². The van der Waals surface area contributed by atoms with Crippen molar-refractivity contribution in [3.05, 3.63) is 35.4 Å². The average Bonchev–Trinajstić information content (AvgIpc) is 2.45. The molecule has 3 nitrogen and oxygen atoms in total. The summed E-state index contributed by atoms with van der Waals surface area (Å²) in [7, 11) is 0. The lowest BCUT2D eigenvalue weighted by Crippen LogP contribution is -2.42. The standard InChI is InChI=1S/C17H26N2O/c1-13-7-9-15(10-8-13)17-14(2)5-4-12-19(17)16(20)6-3-11-18/h7-10,14,17H,3-6,11-12,18H2,1-2H3/t14-,17+/m1/s1. The van der Waals surface area contributed by atoms with Gasteiger partial charge in [-0.1, -0.05) is 36.8 Å². The molecule has 2 N–H and O–H groups in total. The Kier molecular flexibility index (Phi) is 5.18. The molecule has 0 saturated carbocycles. The molecule has 0 spiro atoms. The van der Waals surface area contributed by atoms with Gasteiger partial charge >= 0.3 is 0 Å². The second-order valence-electron chi connectivity index (χ2n) is 5.95. The molecule has 1 aliphatic heterocycles. The third-order valence-electron chi connectivity index (χ3n) is 4.27. The first kappa shape index (κ1) is 15.0. The highest BCUT2D eigenvalue weighted by Crippen LogP contribution is 2.36. The summed E-state index contributed by atoms with van der Waals surface area (Å²) in [4.78, 5) is 14.5. The van der Waals surface area contributed by atoms with Crippen LogP contribution in [0, 0.1) is 12.8 Å². The highest BCUT2D eigenvalue weighted by molar-refractivity contribution is 5.77. The normalized spacial score (nSPS) is 22.9. The summed E-state index contributed by atoms with van der Waals surface area (Å²) in [5.74, 6) is 0.779. The van der Waals surface area contributed by atoms with Gasteiger partial charge in [-0.3, -0.25) is 4.79 Å². The van der Waals surface area contributed by atoms with Crippen LogP contribution in [0.5, 0.6) is 0 Å². The lowest BCUT2D eigenvalue weighted by molar-refractivity contribution is -0.136. The molecule has 3 heteroatoms. The van der Waals surface area contributed by atoms with Crippen molar-refractivity contribution in [3.8, 4) is 0 Å². The van der Waals surface area contributed by atoms with E-state index >= 15 is 0 Å². The van der Waals surface area contributed by atoms with E-state index in [2.05, 4.69) is 43.0 Å². The van der Waals surface area contributed by atoms with Gasteiger partial charge in [0.05, 0.1) is 6.04 Å². The fourth-order valence-corrected chi connectivity index (χ4v) is 3.14. The van der Waals surface area contributed by atoms with Crippen molar-refractivity contribution in [2.24, 2.45) is 11.7 Å². The zero-order valence-corrected chi connectivity index (χ0v) is 12.6. The zero-order valence-electron chi connectivity index (χ0n) is 12.6. The highest BCUT2D eigenvalue weighted by atomic mass is 16.2. The summed E-state index contributed by atoms with van der Waals surface area (Å²) in [6.45, 7) is 5.82. The number of hydrogen-bond donors (Lipinski definition) is 1. The van der Waals surface area contributed by atoms with Crippen LogP contribution in [0.15, 0.2) is 24.3 Å². The van der Waals surface area contributed by atoms with Gasteiger partial charge in [0.1, 0.15) is 0 Å². The molecular weight excluding hydrogens is 248 g/mol. The summed E-state index contributed by atoms with van der Waals surface area (Å²) in [5.41, 5.74) is 8.06. The number of nitrogens with two attached hydrogens (primary N) is 1. The van der Waals surface area contributed by atoms with Gasteiger partial charge in [-0.05, 0) is 44.2 Å². The highest BCUT2D eigenvalue weighted by Gasteiger charge is 2.32. The Hall–Kier alpha value is -1.35. The Labute approximate surface area is 122 Å². The molecule has 110 valence electrons. The van der Waals surface area contributed by atoms with E-state index in [0.29, 0.717) is 18.9 Å². The number of aryl methyl sites for hydroxylation is 1. The number of rotatable bonds is 4. The van der Waals surface area contributed by atoms with Gasteiger partial charge in [0.25, 0.3) is 0 Å². The second-order valence-corrected chi connectivity index (χ2v) is 5.95. The van der Waals surface area contributed by atoms with Gasteiger partial charge in [-0.2, -0.15) is 0 Å². The predicted octanol–water partition coefficient (Wildman–Crippen LogP) is 3.03. The Morgan fingerprint density at radius 1 is 1.35 bits per heavy atom. The minimum Gasteiger partial charge on any atom is -0.335 e. The van der Waals surface area contributed by atoms with Crippen LogP contribution < -0.4 is 5.73 Å². The third-order valence-corrected chi connectivity index (χ3v) is 4.27. The number of amides is 1. The molecule has 1 amide bonds. The summed E-state index contributed by atoms with van der Waals surface area (Å²) in [6.07, 6.45) is 3.66. The number of likely N-dealkylation sites (tertiary alicyclic amines) is 1. The van der Waals surface area contributed by atoms with Crippen LogP contribution in [-0.2, 0) is 4.79 Å². The van der Waals surface area contributed by atoms with E-state index in [4.69, 9.17) is 5.73 Å². The van der Waals surface area contributed by atoms with Crippen molar-refractivity contribution in [2.75, 3.05) is 13.1 Å². The molecule has 0 radical (unpaired) electrons. The second kappa shape index (κ2) is 6.89. The first-order valence-electron chi connectivity index (χ1n) is 7.69. The minimum absolute atomic E-state index is 0.231. The average molecular weight is 274 g/mol. The molecule has 1 heterocycles. The number of carbonyl (C=O) groups is 1. The third kappa shape index (κ3) is 3.40. The van der Waals surface area contributed by atoms with Crippen LogP contribution in [0.2, 0.25) is 0 Å². The van der Waals surface area contributed by atoms with Gasteiger partial charge in [0.2, 0.25) is 5.91 Å². The molecule has 1 aliphatic rings. The molecule has 2 atom stereocenters. The Morgan fingerprint density at radius 3 is 2.70 bits per heavy atom. The number of hydrogen-bond acceptors (Lipinski definition) is 2. The molecular formula is C17H26N2O. The molecule has 0 aromatic heterocycles. The van der Waals surface area contributed by atoms with Gasteiger partial charge in [-0.25, -0.2) is 0 Å². The van der Waals surface area contributed by atoms with E-state index in [-0.39, 0.29) is 11.9 Å². The summed E-state index contributed by atoms with van der Waals surface area (Å²) in [5, 5.41) is 0. The molecule has 0 bridgehead atoms. The maximum atomic E-state index is 12.4. The van der Waals surface area contributed by atoms with Gasteiger partial charge in [-0.15, -0.1) is 0 Å². The largest absolute Gasteiger partial charge is 0.335 e. The van der Waals surface area contributed by atoms with Gasteiger partial charge in [0, 0.05) is 13.0 Å². The van der Waals surface area contributed by atoms with Crippen molar-refractivity contribution >= 4 is 5.91 Å². The van der Waals surface area contributed by atoms with E-state index in [0.717, 1.165) is 19.4 Å². The first-order chi connectivity index (χ1) is 9.63. The van der Waals surface area contributed by atoms with Crippen molar-refractivity contribution in [1.29, 1.82) is 0 Å². The Bertz CT molecular complexity index is 441. The van der Waals surface area contributed by atoms with Crippen LogP contribution in [0.4, 0.5) is 0 Å². The topological polar surface area (TPSA) is 46.3 Å². The number of piperidine rings is 1. The number of benzene rings is 1. The van der Waals surface area contributed by atoms with E-state index in [1.54, 1.807) is 0 Å². The van der Waals surface area contributed by atoms with Crippen LogP contribution in [0.25, 0.3) is 0 Å². The zero-order chi connectivity index (χ0) is 14.5. The van der Waals surface area contributed by atoms with Gasteiger partial charge in [0.15, 0.2) is 0 Å². The molecule has 1 fully saturated rings. The molecule has 1 aromatic rings. The summed E-state index contributed by atoms with van der Waals surface area (Å²) < 4.78 is 0. The smallest absolute Gasteiger partial charge is 0.223 e. The Morgan fingerprint density at radius 2 is 2.05 bits per heavy atom. The molecule has 0 aliphatic carbocycles. The van der Waals surface area contributed by atoms with Gasteiger partial charge < -0.3 is 10.6 Å². The molecule has 1 saturated heterocycles. The molecule has 0 unspecified atom stereocenters. The van der Waals surface area contributed by atoms with E-state index in [1.807, 2.05) is 0 Å². The maximum Gasteiger partial charge on any atom is 0.223 e. The quantitative estimate of drug-likeness (QED) is 0.917. The first-order valence-corrected chi connectivity index (χ1v) is 7.69. The molecule has 20 heavy (non-hydrogen) atoms. The minimum atomic E-state index is 0.231. The number of nitrogens with zero attached hydrogens (tertiary/aromatic N) is 1. The van der Waals surface area contributed by atoms with Crippen molar-refractivity contribution in [3.63, 3.8) is 0 Å². The Balaban J connectivity index is 2.19. The summed E-state index contributed by atoms with van der Waals surface area (Å²) in [6, 6.07) is 8.85. The monoisotopic (exact) mass is 274 g/mol. The van der Waals surface area contributed by atoms with E-state index in [1.165, 1.54) is 17.5 Å². The van der Waals surface area contributed by atoms with Crippen LogP contribution in [0.1, 0.15) is 49.8 Å². The molecule has 1 aromatic carbocycles. The summed E-state index contributed by atoms with van der Waals surface area (Å²) >= 11 is 0. The van der Waals surface area contributed by atoms with Crippen LogP contribution >= 0.6 is 0 Å². The van der Waals surface area contributed by atoms with Crippen molar-refractivity contribution < 1.29 is 4.79 Å². The van der Waals surface area contributed by atoms with Crippen LogP contribution in [0.3, 0.4) is 0 Å². The fraction of sp³-hybridized carbons (Fsp3) is 0.588. The van der Waals surface area contributed by atoms with Crippen molar-refractivity contribution in [2.45, 2.75) is 45.6 Å². The van der Waals surface area contributed by atoms with E-state index in [9.17, 15) is 4.79 Å². The number of carbonyl (C=O) groups excluding carboxylic acids is 1. The SMILES string of the molecule is Cc1ccc([C@@H]2[C@H](C)CCCN2C(=O)CCCN)cc1. The molecule has 2 rings (SSSR count). The van der Waals surface area contributed by atoms with E-state index < -0.39 is 0 Å².